The molecular formula is C18H22F3NO6S. The number of carbonyl (C=O) groups is 2. The number of ketones is 1. The third-order valence-corrected chi connectivity index (χ3v) is 5.04. The van der Waals surface area contributed by atoms with Gasteiger partial charge in [0.1, 0.15) is 11.4 Å². The average Bonchev–Trinajstić information content (AvgIpc) is 2.59. The van der Waals surface area contributed by atoms with Crippen molar-refractivity contribution in [1.29, 1.82) is 0 Å². The van der Waals surface area contributed by atoms with Gasteiger partial charge in [0.25, 0.3) is 0 Å². The van der Waals surface area contributed by atoms with Crippen molar-refractivity contribution in [2.45, 2.75) is 57.2 Å². The van der Waals surface area contributed by atoms with Gasteiger partial charge >= 0.3 is 21.7 Å². The predicted molar refractivity (Wildman–Crippen MR) is 97.0 cm³/mol. The third-order valence-electron chi connectivity index (χ3n) is 4.06. The number of alkyl halides is 3. The minimum Gasteiger partial charge on any atom is -0.444 e. The van der Waals surface area contributed by atoms with Gasteiger partial charge in [0.05, 0.1) is 6.04 Å². The lowest BCUT2D eigenvalue weighted by molar-refractivity contribution is -0.0500. The van der Waals surface area contributed by atoms with Crippen molar-refractivity contribution in [1.82, 2.24) is 4.90 Å². The number of hydrogen-bond donors (Lipinski definition) is 0. The topological polar surface area (TPSA) is 90.0 Å². The summed E-state index contributed by atoms with van der Waals surface area (Å²) < 4.78 is 68.6. The molecule has 29 heavy (non-hydrogen) atoms. The molecule has 1 aromatic rings. The standard InChI is InChI=1S/C18H22F3NO6S/c1-17(2,3)27-16(24)22-11-5-4-6-14(22)15(23)12-7-9-13(10-8-12)28-29(25,26)18(19,20)21/h7-10,14H,4-6,11H2,1-3H3/t14-/m0/s1. The van der Waals surface area contributed by atoms with Crippen molar-refractivity contribution in [2.75, 3.05) is 6.54 Å². The van der Waals surface area contributed by atoms with Gasteiger partial charge in [0.2, 0.25) is 0 Å². The summed E-state index contributed by atoms with van der Waals surface area (Å²) in [5.41, 5.74) is -6.18. The number of likely N-dealkylation sites (tertiary alicyclic amines) is 1. The number of ether oxygens (including phenoxy) is 1. The van der Waals surface area contributed by atoms with Gasteiger partial charge in [-0.3, -0.25) is 9.69 Å². The molecule has 0 spiro atoms. The monoisotopic (exact) mass is 437 g/mol. The maximum absolute atomic E-state index is 12.8. The Hall–Kier alpha value is -2.30. The Bertz CT molecular complexity index is 859. The molecule has 1 aromatic carbocycles. The second kappa shape index (κ2) is 8.21. The molecule has 7 nitrogen and oxygen atoms in total. The predicted octanol–water partition coefficient (Wildman–Crippen LogP) is 3.89. The van der Waals surface area contributed by atoms with E-state index in [1.807, 2.05) is 0 Å². The lowest BCUT2D eigenvalue weighted by Crippen LogP contribution is -2.49. The molecule has 11 heteroatoms. The number of rotatable bonds is 4. The number of amides is 1. The Kier molecular flexibility index (Phi) is 6.51. The fourth-order valence-corrected chi connectivity index (χ4v) is 3.24. The fourth-order valence-electron chi connectivity index (χ4n) is 2.78. The number of carbonyl (C=O) groups excluding carboxylic acids is 2. The van der Waals surface area contributed by atoms with E-state index < -0.39 is 44.9 Å². The third kappa shape index (κ3) is 5.84. The van der Waals surface area contributed by atoms with Crippen molar-refractivity contribution < 1.29 is 40.1 Å². The van der Waals surface area contributed by atoms with Crippen LogP contribution in [0.5, 0.6) is 5.75 Å². The van der Waals surface area contributed by atoms with Crippen LogP contribution in [0.25, 0.3) is 0 Å². The summed E-state index contributed by atoms with van der Waals surface area (Å²) in [6.07, 6.45) is 1.23. The molecule has 0 unspecified atom stereocenters. The van der Waals surface area contributed by atoms with E-state index in [0.717, 1.165) is 30.7 Å². The van der Waals surface area contributed by atoms with Crippen molar-refractivity contribution in [2.24, 2.45) is 0 Å². The van der Waals surface area contributed by atoms with Crippen molar-refractivity contribution >= 4 is 22.0 Å². The van der Waals surface area contributed by atoms with Crippen molar-refractivity contribution in [3.05, 3.63) is 29.8 Å². The van der Waals surface area contributed by atoms with Crippen LogP contribution in [0, 0.1) is 0 Å². The first kappa shape index (κ1) is 23.0. The van der Waals surface area contributed by atoms with Crippen LogP contribution in [0.2, 0.25) is 0 Å². The maximum atomic E-state index is 12.8. The van der Waals surface area contributed by atoms with Crippen LogP contribution in [0.4, 0.5) is 18.0 Å². The average molecular weight is 437 g/mol. The molecule has 0 bridgehead atoms. The van der Waals surface area contributed by atoms with Gasteiger partial charge in [0, 0.05) is 12.1 Å². The van der Waals surface area contributed by atoms with Crippen LogP contribution in [0.15, 0.2) is 24.3 Å². The van der Waals surface area contributed by atoms with E-state index in [9.17, 15) is 31.2 Å². The number of piperidine rings is 1. The smallest absolute Gasteiger partial charge is 0.444 e. The second-order valence-corrected chi connectivity index (χ2v) is 9.09. The Morgan fingerprint density at radius 1 is 1.07 bits per heavy atom. The van der Waals surface area contributed by atoms with E-state index in [2.05, 4.69) is 4.18 Å². The van der Waals surface area contributed by atoms with Gasteiger partial charge in [-0.1, -0.05) is 0 Å². The number of benzene rings is 1. The molecule has 1 fully saturated rings. The highest BCUT2D eigenvalue weighted by atomic mass is 32.2. The summed E-state index contributed by atoms with van der Waals surface area (Å²) in [4.78, 5) is 26.6. The summed E-state index contributed by atoms with van der Waals surface area (Å²) >= 11 is 0. The number of halogens is 3. The fraction of sp³-hybridized carbons (Fsp3) is 0.556. The highest BCUT2D eigenvalue weighted by Gasteiger charge is 2.48. The number of nitrogens with zero attached hydrogens (tertiary/aromatic N) is 1. The van der Waals surface area contributed by atoms with Gasteiger partial charge in [-0.15, -0.1) is 0 Å². The first-order valence-corrected chi connectivity index (χ1v) is 10.3. The maximum Gasteiger partial charge on any atom is 0.534 e. The first-order chi connectivity index (χ1) is 13.2. The van der Waals surface area contributed by atoms with Crippen LogP contribution in [-0.4, -0.2) is 48.9 Å². The Morgan fingerprint density at radius 2 is 1.66 bits per heavy atom. The van der Waals surface area contributed by atoms with Gasteiger partial charge in [-0.25, -0.2) is 4.79 Å². The lowest BCUT2D eigenvalue weighted by atomic mass is 9.94. The molecule has 1 amide bonds. The molecule has 162 valence electrons. The van der Waals surface area contributed by atoms with E-state index in [1.54, 1.807) is 20.8 Å². The highest BCUT2D eigenvalue weighted by Crippen LogP contribution is 2.28. The quantitative estimate of drug-likeness (QED) is 0.403. The summed E-state index contributed by atoms with van der Waals surface area (Å²) in [5, 5.41) is 0. The van der Waals surface area contributed by atoms with Gasteiger partial charge in [0.15, 0.2) is 5.78 Å². The van der Waals surface area contributed by atoms with E-state index in [0.29, 0.717) is 19.4 Å². The SMILES string of the molecule is CC(C)(C)OC(=O)N1CCCC[C@H]1C(=O)c1ccc(OS(=O)(=O)C(F)(F)F)cc1. The lowest BCUT2D eigenvalue weighted by Gasteiger charge is -2.35. The Labute approximate surface area is 166 Å². The zero-order chi connectivity index (χ0) is 22.0. The van der Waals surface area contributed by atoms with Crippen molar-refractivity contribution in [3.63, 3.8) is 0 Å². The molecule has 1 heterocycles. The Balaban J connectivity index is 2.17. The molecule has 0 aromatic heterocycles. The zero-order valence-corrected chi connectivity index (χ0v) is 17.0. The molecule has 0 saturated carbocycles. The second-order valence-electron chi connectivity index (χ2n) is 7.56. The minimum absolute atomic E-state index is 0.113. The van der Waals surface area contributed by atoms with Crippen LogP contribution in [-0.2, 0) is 14.9 Å². The number of Topliss-reactive ketones (excluding diaryl/α,β-unsaturated/α-hetero) is 1. The molecule has 0 aliphatic carbocycles. The van der Waals surface area contributed by atoms with Crippen LogP contribution in [0.3, 0.4) is 0 Å². The van der Waals surface area contributed by atoms with Crippen LogP contribution >= 0.6 is 0 Å². The van der Waals surface area contributed by atoms with Crippen molar-refractivity contribution in [3.8, 4) is 5.75 Å². The number of hydrogen-bond acceptors (Lipinski definition) is 6. The van der Waals surface area contributed by atoms with E-state index >= 15 is 0 Å². The van der Waals surface area contributed by atoms with E-state index in [4.69, 9.17) is 4.74 Å². The normalized spacial score (nSPS) is 18.3. The van der Waals surface area contributed by atoms with Gasteiger partial charge < -0.3 is 8.92 Å². The highest BCUT2D eigenvalue weighted by molar-refractivity contribution is 7.88. The summed E-state index contributed by atoms with van der Waals surface area (Å²) in [6.45, 7) is 5.47. The van der Waals surface area contributed by atoms with Gasteiger partial charge in [-0.05, 0) is 64.3 Å². The largest absolute Gasteiger partial charge is 0.534 e. The first-order valence-electron chi connectivity index (χ1n) is 8.86. The Morgan fingerprint density at radius 3 is 2.17 bits per heavy atom. The molecule has 0 N–H and O–H groups in total. The minimum atomic E-state index is -5.80. The molecule has 0 radical (unpaired) electrons. The summed E-state index contributed by atoms with van der Waals surface area (Å²) in [6, 6.07) is 3.45. The molecule has 1 saturated heterocycles. The van der Waals surface area contributed by atoms with Crippen LogP contribution < -0.4 is 4.18 Å². The zero-order valence-electron chi connectivity index (χ0n) is 16.2. The van der Waals surface area contributed by atoms with E-state index in [1.165, 1.54) is 4.90 Å². The molecule has 2 rings (SSSR count). The molecule has 1 aliphatic heterocycles. The molecule has 1 aliphatic rings. The van der Waals surface area contributed by atoms with Crippen LogP contribution in [0.1, 0.15) is 50.4 Å². The summed E-state index contributed by atoms with van der Waals surface area (Å²) in [7, 11) is -5.80. The summed E-state index contributed by atoms with van der Waals surface area (Å²) in [5.74, 6) is -0.993. The van der Waals surface area contributed by atoms with Gasteiger partial charge in [-0.2, -0.15) is 21.6 Å². The molecular weight excluding hydrogens is 415 g/mol. The molecule has 1 atom stereocenters. The van der Waals surface area contributed by atoms with E-state index in [-0.39, 0.29) is 5.56 Å².